The van der Waals surface area contributed by atoms with Crippen molar-refractivity contribution in [2.75, 3.05) is 26.2 Å². The lowest BCUT2D eigenvalue weighted by Crippen LogP contribution is -2.53. The molecular formula is C13H20ClN3S2. The molecule has 1 aliphatic heterocycles. The highest BCUT2D eigenvalue weighted by Crippen LogP contribution is 2.23. The van der Waals surface area contributed by atoms with Gasteiger partial charge in [-0.05, 0) is 18.6 Å². The zero-order valence-corrected chi connectivity index (χ0v) is 13.5. The fourth-order valence-corrected chi connectivity index (χ4v) is 3.98. The molecule has 0 amide bonds. The summed E-state index contributed by atoms with van der Waals surface area (Å²) >= 11 is 12.8. The van der Waals surface area contributed by atoms with Gasteiger partial charge in [0.15, 0.2) is 0 Å². The molecule has 106 valence electrons. The van der Waals surface area contributed by atoms with Crippen molar-refractivity contribution in [1.82, 2.24) is 9.80 Å². The van der Waals surface area contributed by atoms with E-state index in [-0.39, 0.29) is 6.04 Å². The van der Waals surface area contributed by atoms with Crippen LogP contribution in [0.3, 0.4) is 0 Å². The Morgan fingerprint density at radius 3 is 2.58 bits per heavy atom. The van der Waals surface area contributed by atoms with Gasteiger partial charge in [0.2, 0.25) is 0 Å². The van der Waals surface area contributed by atoms with E-state index in [0.29, 0.717) is 4.99 Å². The second-order valence-corrected chi connectivity index (χ2v) is 7.12. The van der Waals surface area contributed by atoms with E-state index in [2.05, 4.69) is 22.8 Å². The maximum absolute atomic E-state index is 5.96. The molecule has 19 heavy (non-hydrogen) atoms. The molecule has 1 atom stereocenters. The largest absolute Gasteiger partial charge is 0.392 e. The van der Waals surface area contributed by atoms with Gasteiger partial charge in [-0.2, -0.15) is 0 Å². The average Bonchev–Trinajstić information content (AvgIpc) is 2.77. The van der Waals surface area contributed by atoms with Crippen molar-refractivity contribution in [2.45, 2.75) is 25.9 Å². The molecule has 0 spiro atoms. The van der Waals surface area contributed by atoms with E-state index < -0.39 is 0 Å². The molecule has 1 unspecified atom stereocenters. The van der Waals surface area contributed by atoms with E-state index in [0.717, 1.165) is 43.5 Å². The average molecular weight is 318 g/mol. The number of nitrogens with two attached hydrogens (primary N) is 1. The Morgan fingerprint density at radius 2 is 2.11 bits per heavy atom. The molecule has 1 aromatic rings. The van der Waals surface area contributed by atoms with Gasteiger partial charge in [-0.3, -0.25) is 9.80 Å². The number of hydrogen-bond acceptors (Lipinski definition) is 4. The molecule has 2 heterocycles. The number of rotatable bonds is 5. The second-order valence-electron chi connectivity index (χ2n) is 4.84. The molecule has 0 saturated carbocycles. The zero-order chi connectivity index (χ0) is 13.8. The first kappa shape index (κ1) is 15.2. The Labute approximate surface area is 129 Å². The summed E-state index contributed by atoms with van der Waals surface area (Å²) < 4.78 is 0.869. The van der Waals surface area contributed by atoms with Crippen molar-refractivity contribution in [3.63, 3.8) is 0 Å². The normalized spacial score (nSPS) is 19.5. The van der Waals surface area contributed by atoms with Gasteiger partial charge in [-0.1, -0.05) is 30.7 Å². The van der Waals surface area contributed by atoms with Crippen LogP contribution in [0.4, 0.5) is 0 Å². The summed E-state index contributed by atoms with van der Waals surface area (Å²) in [5.41, 5.74) is 5.80. The predicted molar refractivity (Wildman–Crippen MR) is 87.0 cm³/mol. The molecule has 2 rings (SSSR count). The Morgan fingerprint density at radius 1 is 1.42 bits per heavy atom. The van der Waals surface area contributed by atoms with Gasteiger partial charge in [0, 0.05) is 37.6 Å². The molecule has 1 aromatic heterocycles. The zero-order valence-electron chi connectivity index (χ0n) is 11.1. The van der Waals surface area contributed by atoms with Gasteiger partial charge in [-0.15, -0.1) is 11.3 Å². The number of halogens is 1. The van der Waals surface area contributed by atoms with Crippen LogP contribution >= 0.6 is 35.2 Å². The van der Waals surface area contributed by atoms with E-state index in [1.165, 1.54) is 4.88 Å². The van der Waals surface area contributed by atoms with E-state index in [9.17, 15) is 0 Å². The lowest BCUT2D eigenvalue weighted by Gasteiger charge is -2.38. The molecule has 0 aliphatic carbocycles. The van der Waals surface area contributed by atoms with Crippen molar-refractivity contribution in [3.05, 3.63) is 21.3 Å². The van der Waals surface area contributed by atoms with Gasteiger partial charge in [0.25, 0.3) is 0 Å². The summed E-state index contributed by atoms with van der Waals surface area (Å²) in [6, 6.07) is 4.34. The summed E-state index contributed by atoms with van der Waals surface area (Å²) in [6.45, 7) is 7.34. The maximum Gasteiger partial charge on any atom is 0.0931 e. The molecule has 2 N–H and O–H groups in total. The maximum atomic E-state index is 5.96. The van der Waals surface area contributed by atoms with E-state index in [4.69, 9.17) is 29.6 Å². The fourth-order valence-electron chi connectivity index (χ4n) is 2.53. The third-order valence-electron chi connectivity index (χ3n) is 3.57. The first-order valence-corrected chi connectivity index (χ1v) is 8.20. The lowest BCUT2D eigenvalue weighted by molar-refractivity contribution is 0.112. The molecule has 0 radical (unpaired) electrons. The summed E-state index contributed by atoms with van der Waals surface area (Å²) in [5.74, 6) is 0. The number of nitrogens with zero attached hydrogens (tertiary/aromatic N) is 2. The van der Waals surface area contributed by atoms with Crippen molar-refractivity contribution < 1.29 is 0 Å². The second kappa shape index (κ2) is 6.99. The Balaban J connectivity index is 1.83. The van der Waals surface area contributed by atoms with Gasteiger partial charge >= 0.3 is 0 Å². The Hall–Kier alpha value is -0.200. The van der Waals surface area contributed by atoms with Crippen LogP contribution in [-0.4, -0.2) is 47.0 Å². The number of thiocarbonyl (C=S) groups is 1. The van der Waals surface area contributed by atoms with Crippen molar-refractivity contribution in [2.24, 2.45) is 5.73 Å². The third kappa shape index (κ3) is 4.13. The van der Waals surface area contributed by atoms with Crippen LogP contribution in [-0.2, 0) is 6.54 Å². The Bertz CT molecular complexity index is 427. The molecule has 0 bridgehead atoms. The van der Waals surface area contributed by atoms with Gasteiger partial charge in [0.1, 0.15) is 0 Å². The topological polar surface area (TPSA) is 32.5 Å². The van der Waals surface area contributed by atoms with Gasteiger partial charge in [-0.25, -0.2) is 0 Å². The van der Waals surface area contributed by atoms with E-state index in [1.54, 1.807) is 11.3 Å². The van der Waals surface area contributed by atoms with Crippen LogP contribution in [0.1, 0.15) is 18.2 Å². The summed E-state index contributed by atoms with van der Waals surface area (Å²) in [4.78, 5) is 6.83. The minimum Gasteiger partial charge on any atom is -0.392 e. The molecule has 6 heteroatoms. The Kier molecular flexibility index (Phi) is 5.59. The molecule has 0 aromatic carbocycles. The van der Waals surface area contributed by atoms with Crippen LogP contribution in [0.25, 0.3) is 0 Å². The minimum atomic E-state index is 0.258. The van der Waals surface area contributed by atoms with E-state index in [1.807, 2.05) is 6.07 Å². The van der Waals surface area contributed by atoms with Crippen LogP contribution in [0.5, 0.6) is 0 Å². The quantitative estimate of drug-likeness (QED) is 0.846. The van der Waals surface area contributed by atoms with E-state index >= 15 is 0 Å². The monoisotopic (exact) mass is 317 g/mol. The first-order chi connectivity index (χ1) is 9.10. The van der Waals surface area contributed by atoms with Crippen LogP contribution in [0.2, 0.25) is 4.34 Å². The number of thiophene rings is 1. The molecular weight excluding hydrogens is 298 g/mol. The summed E-state index contributed by atoms with van der Waals surface area (Å²) in [7, 11) is 0. The van der Waals surface area contributed by atoms with Gasteiger partial charge < -0.3 is 5.73 Å². The fraction of sp³-hybridized carbons (Fsp3) is 0.615. The molecule has 1 aliphatic rings. The lowest BCUT2D eigenvalue weighted by atomic mass is 10.1. The van der Waals surface area contributed by atoms with Crippen molar-refractivity contribution in [3.8, 4) is 0 Å². The van der Waals surface area contributed by atoms with Crippen LogP contribution < -0.4 is 5.73 Å². The molecule has 3 nitrogen and oxygen atoms in total. The highest BCUT2D eigenvalue weighted by molar-refractivity contribution is 7.80. The van der Waals surface area contributed by atoms with Gasteiger partial charge in [0.05, 0.1) is 15.4 Å². The van der Waals surface area contributed by atoms with Crippen LogP contribution in [0.15, 0.2) is 12.1 Å². The minimum absolute atomic E-state index is 0.258. The predicted octanol–water partition coefficient (Wildman–Crippen LogP) is 2.58. The standard InChI is InChI=1S/C13H20ClN3S2/c1-2-11(13(15)18)17-7-5-16(6-8-17)9-10-3-4-12(14)19-10/h3-4,11H,2,5-9H2,1H3,(H2,15,18). The SMILES string of the molecule is CCC(C(N)=S)N1CCN(Cc2ccc(Cl)s2)CC1. The highest BCUT2D eigenvalue weighted by Gasteiger charge is 2.24. The summed E-state index contributed by atoms with van der Waals surface area (Å²) in [5, 5.41) is 0. The van der Waals surface area contributed by atoms with Crippen molar-refractivity contribution >= 4 is 40.1 Å². The molecule has 1 saturated heterocycles. The van der Waals surface area contributed by atoms with Crippen molar-refractivity contribution in [1.29, 1.82) is 0 Å². The summed E-state index contributed by atoms with van der Waals surface area (Å²) in [6.07, 6.45) is 0.996. The smallest absolute Gasteiger partial charge is 0.0931 e. The molecule has 1 fully saturated rings. The first-order valence-electron chi connectivity index (χ1n) is 6.60. The highest BCUT2D eigenvalue weighted by atomic mass is 35.5. The third-order valence-corrected chi connectivity index (χ3v) is 5.06. The number of hydrogen-bond donors (Lipinski definition) is 1. The number of piperazine rings is 1. The van der Waals surface area contributed by atoms with Crippen LogP contribution in [0, 0.1) is 0 Å².